The van der Waals surface area contributed by atoms with Gasteiger partial charge in [0.15, 0.2) is 0 Å². The van der Waals surface area contributed by atoms with E-state index in [1.54, 1.807) is 0 Å². The quantitative estimate of drug-likeness (QED) is 0.874. The lowest BCUT2D eigenvalue weighted by Gasteiger charge is -2.10. The van der Waals surface area contributed by atoms with Crippen molar-refractivity contribution in [1.82, 2.24) is 0 Å². The van der Waals surface area contributed by atoms with Crippen LogP contribution in [0.4, 0.5) is 0 Å². The van der Waals surface area contributed by atoms with Gasteiger partial charge < -0.3 is 10.5 Å². The summed E-state index contributed by atoms with van der Waals surface area (Å²) in [5.41, 5.74) is 12.1. The Morgan fingerprint density at radius 3 is 2.89 bits per heavy atom. The molecule has 0 bridgehead atoms. The zero-order chi connectivity index (χ0) is 12.5. The molecule has 2 nitrogen and oxygen atoms in total. The molecular formula is C16H17NO. The standard InChI is InChI=1S/C16H17NO/c1-11-2-3-14(10-17)15(8-11)12-4-5-16-13(9-12)6-7-18-16/h2-5,8-9H,6-7,10,17H2,1H3. The van der Waals surface area contributed by atoms with Gasteiger partial charge in [0.2, 0.25) is 0 Å². The molecule has 0 atom stereocenters. The Balaban J connectivity index is 2.12. The maximum atomic E-state index is 5.83. The number of fused-ring (bicyclic) bond motifs is 1. The van der Waals surface area contributed by atoms with Crippen LogP contribution in [0.2, 0.25) is 0 Å². The van der Waals surface area contributed by atoms with Gasteiger partial charge in [-0.2, -0.15) is 0 Å². The summed E-state index contributed by atoms with van der Waals surface area (Å²) >= 11 is 0. The van der Waals surface area contributed by atoms with Gasteiger partial charge in [0.25, 0.3) is 0 Å². The summed E-state index contributed by atoms with van der Waals surface area (Å²) in [6, 6.07) is 12.9. The Morgan fingerprint density at radius 2 is 2.06 bits per heavy atom. The maximum absolute atomic E-state index is 5.83. The molecule has 92 valence electrons. The van der Waals surface area contributed by atoms with Crippen molar-refractivity contribution >= 4 is 0 Å². The third kappa shape index (κ3) is 1.89. The monoisotopic (exact) mass is 239 g/mol. The molecule has 0 saturated carbocycles. The van der Waals surface area contributed by atoms with Crippen LogP contribution in [0.3, 0.4) is 0 Å². The molecule has 0 aromatic heterocycles. The van der Waals surface area contributed by atoms with E-state index in [1.165, 1.54) is 27.8 Å². The molecule has 1 aliphatic heterocycles. The summed E-state index contributed by atoms with van der Waals surface area (Å²) in [6.45, 7) is 3.49. The van der Waals surface area contributed by atoms with Crippen LogP contribution in [0.1, 0.15) is 16.7 Å². The Labute approximate surface area is 107 Å². The van der Waals surface area contributed by atoms with Crippen molar-refractivity contribution in [1.29, 1.82) is 0 Å². The third-order valence-electron chi connectivity index (χ3n) is 3.49. The Hall–Kier alpha value is -1.80. The summed E-state index contributed by atoms with van der Waals surface area (Å²) < 4.78 is 5.54. The average Bonchev–Trinajstić information content (AvgIpc) is 2.85. The molecule has 2 N–H and O–H groups in total. The van der Waals surface area contributed by atoms with E-state index in [4.69, 9.17) is 10.5 Å². The predicted molar refractivity (Wildman–Crippen MR) is 73.7 cm³/mol. The van der Waals surface area contributed by atoms with E-state index >= 15 is 0 Å². The molecule has 18 heavy (non-hydrogen) atoms. The highest BCUT2D eigenvalue weighted by Crippen LogP contribution is 2.32. The number of nitrogens with two attached hydrogens (primary N) is 1. The number of aryl methyl sites for hydroxylation is 1. The topological polar surface area (TPSA) is 35.2 Å². The molecule has 0 fully saturated rings. The second-order valence-corrected chi connectivity index (χ2v) is 4.79. The van der Waals surface area contributed by atoms with Gasteiger partial charge in [-0.05, 0) is 41.3 Å². The van der Waals surface area contributed by atoms with Gasteiger partial charge in [0, 0.05) is 13.0 Å². The second-order valence-electron chi connectivity index (χ2n) is 4.79. The summed E-state index contributed by atoms with van der Waals surface area (Å²) in [4.78, 5) is 0. The number of rotatable bonds is 2. The fourth-order valence-electron chi connectivity index (χ4n) is 2.49. The van der Waals surface area contributed by atoms with Crippen LogP contribution >= 0.6 is 0 Å². The Kier molecular flexibility index (Phi) is 2.80. The van der Waals surface area contributed by atoms with E-state index in [9.17, 15) is 0 Å². The Bertz CT molecular complexity index is 590. The van der Waals surface area contributed by atoms with Crippen molar-refractivity contribution in [3.05, 3.63) is 53.1 Å². The number of hydrogen-bond acceptors (Lipinski definition) is 2. The van der Waals surface area contributed by atoms with Crippen molar-refractivity contribution in [3.63, 3.8) is 0 Å². The molecule has 2 aromatic rings. The van der Waals surface area contributed by atoms with E-state index in [0.29, 0.717) is 6.54 Å². The molecule has 0 aliphatic carbocycles. The number of ether oxygens (including phenoxy) is 1. The van der Waals surface area contributed by atoms with Gasteiger partial charge >= 0.3 is 0 Å². The lowest BCUT2D eigenvalue weighted by Crippen LogP contribution is -1.99. The van der Waals surface area contributed by atoms with E-state index in [-0.39, 0.29) is 0 Å². The van der Waals surface area contributed by atoms with E-state index in [0.717, 1.165) is 18.8 Å². The molecule has 3 rings (SSSR count). The molecule has 1 aliphatic rings. The molecule has 0 spiro atoms. The van der Waals surface area contributed by atoms with E-state index in [2.05, 4.69) is 43.3 Å². The second kappa shape index (κ2) is 4.46. The highest BCUT2D eigenvalue weighted by atomic mass is 16.5. The van der Waals surface area contributed by atoms with E-state index < -0.39 is 0 Å². The predicted octanol–water partition coefficient (Wildman–Crippen LogP) is 3.06. The van der Waals surface area contributed by atoms with E-state index in [1.807, 2.05) is 0 Å². The van der Waals surface area contributed by atoms with Crippen LogP contribution in [-0.4, -0.2) is 6.61 Å². The zero-order valence-electron chi connectivity index (χ0n) is 10.6. The van der Waals surface area contributed by atoms with Crippen LogP contribution < -0.4 is 10.5 Å². The minimum absolute atomic E-state index is 0.573. The van der Waals surface area contributed by atoms with Crippen molar-refractivity contribution in [3.8, 4) is 16.9 Å². The smallest absolute Gasteiger partial charge is 0.122 e. The fraction of sp³-hybridized carbons (Fsp3) is 0.250. The average molecular weight is 239 g/mol. The summed E-state index contributed by atoms with van der Waals surface area (Å²) in [6.07, 6.45) is 1.01. The summed E-state index contributed by atoms with van der Waals surface area (Å²) in [5.74, 6) is 1.03. The lowest BCUT2D eigenvalue weighted by molar-refractivity contribution is 0.357. The number of benzene rings is 2. The molecule has 0 saturated heterocycles. The molecular weight excluding hydrogens is 222 g/mol. The minimum Gasteiger partial charge on any atom is -0.493 e. The van der Waals surface area contributed by atoms with Gasteiger partial charge in [0.05, 0.1) is 6.61 Å². The van der Waals surface area contributed by atoms with Gasteiger partial charge in [-0.15, -0.1) is 0 Å². The van der Waals surface area contributed by atoms with Crippen molar-refractivity contribution in [2.24, 2.45) is 5.73 Å². The van der Waals surface area contributed by atoms with Gasteiger partial charge in [-0.25, -0.2) is 0 Å². The van der Waals surface area contributed by atoms with Crippen molar-refractivity contribution in [2.45, 2.75) is 19.9 Å². The van der Waals surface area contributed by atoms with Crippen LogP contribution in [-0.2, 0) is 13.0 Å². The first-order valence-electron chi connectivity index (χ1n) is 6.33. The maximum Gasteiger partial charge on any atom is 0.122 e. The highest BCUT2D eigenvalue weighted by molar-refractivity contribution is 5.70. The SMILES string of the molecule is Cc1ccc(CN)c(-c2ccc3c(c2)CCO3)c1. The van der Waals surface area contributed by atoms with Crippen molar-refractivity contribution < 1.29 is 4.74 Å². The Morgan fingerprint density at radius 1 is 1.17 bits per heavy atom. The summed E-state index contributed by atoms with van der Waals surface area (Å²) in [7, 11) is 0. The molecule has 0 amide bonds. The fourth-order valence-corrected chi connectivity index (χ4v) is 2.49. The summed E-state index contributed by atoms with van der Waals surface area (Å²) in [5, 5.41) is 0. The molecule has 0 radical (unpaired) electrons. The van der Waals surface area contributed by atoms with Crippen LogP contribution in [0, 0.1) is 6.92 Å². The molecule has 2 aromatic carbocycles. The molecule has 1 heterocycles. The van der Waals surface area contributed by atoms with Gasteiger partial charge in [-0.3, -0.25) is 0 Å². The largest absolute Gasteiger partial charge is 0.493 e. The number of hydrogen-bond donors (Lipinski definition) is 1. The van der Waals surface area contributed by atoms with Crippen molar-refractivity contribution in [2.75, 3.05) is 6.61 Å². The first-order valence-corrected chi connectivity index (χ1v) is 6.33. The minimum atomic E-state index is 0.573. The lowest BCUT2D eigenvalue weighted by atomic mass is 9.96. The van der Waals surface area contributed by atoms with Crippen LogP contribution in [0.15, 0.2) is 36.4 Å². The zero-order valence-corrected chi connectivity index (χ0v) is 10.6. The third-order valence-corrected chi connectivity index (χ3v) is 3.49. The van der Waals surface area contributed by atoms with Gasteiger partial charge in [0.1, 0.15) is 5.75 Å². The van der Waals surface area contributed by atoms with Crippen LogP contribution in [0.25, 0.3) is 11.1 Å². The van der Waals surface area contributed by atoms with Gasteiger partial charge in [-0.1, -0.05) is 29.8 Å². The first kappa shape index (κ1) is 11.3. The molecule has 2 heteroatoms. The normalized spacial score (nSPS) is 13.2. The molecule has 0 unspecified atom stereocenters. The first-order chi connectivity index (χ1) is 8.78. The van der Waals surface area contributed by atoms with Crippen LogP contribution in [0.5, 0.6) is 5.75 Å². The highest BCUT2D eigenvalue weighted by Gasteiger charge is 2.13.